The monoisotopic (exact) mass is 661 g/mol. The van der Waals surface area contributed by atoms with Gasteiger partial charge in [-0.2, -0.15) is 0 Å². The Morgan fingerprint density at radius 1 is 0.308 bits per heavy atom. The summed E-state index contributed by atoms with van der Waals surface area (Å²) in [6, 6.07) is 66.2. The molecule has 3 heterocycles. The first-order valence-electron chi connectivity index (χ1n) is 17.6. The summed E-state index contributed by atoms with van der Waals surface area (Å²) >= 11 is 0. The molecule has 0 aliphatic heterocycles. The molecule has 0 saturated heterocycles. The van der Waals surface area contributed by atoms with E-state index in [9.17, 15) is 0 Å². The van der Waals surface area contributed by atoms with Gasteiger partial charge in [-0.05, 0) is 46.5 Å². The van der Waals surface area contributed by atoms with E-state index in [0.29, 0.717) is 0 Å². The summed E-state index contributed by atoms with van der Waals surface area (Å²) in [5.41, 5.74) is 13.5. The molecule has 0 aliphatic rings. The van der Waals surface area contributed by atoms with Crippen LogP contribution in [0.5, 0.6) is 0 Å². The maximum atomic E-state index is 5.30. The quantitative estimate of drug-likeness (QED) is 0.172. The maximum Gasteiger partial charge on any atom is 0.0972 e. The zero-order valence-corrected chi connectivity index (χ0v) is 28.2. The van der Waals surface area contributed by atoms with Gasteiger partial charge in [-0.3, -0.25) is 0 Å². The summed E-state index contributed by atoms with van der Waals surface area (Å²) in [7, 11) is 0. The Morgan fingerprint density at radius 2 is 0.827 bits per heavy atom. The van der Waals surface area contributed by atoms with Crippen molar-refractivity contribution >= 4 is 43.5 Å². The van der Waals surface area contributed by atoms with E-state index in [0.717, 1.165) is 77.4 Å². The number of benzene rings is 7. The first-order chi connectivity index (χ1) is 25.8. The van der Waals surface area contributed by atoms with Gasteiger partial charge in [0.2, 0.25) is 0 Å². The molecule has 7 aromatic carbocycles. The highest BCUT2D eigenvalue weighted by Crippen LogP contribution is 2.40. The Kier molecular flexibility index (Phi) is 7.14. The molecule has 242 valence electrons. The summed E-state index contributed by atoms with van der Waals surface area (Å²) in [6.45, 7) is 0. The molecular formula is C49H31N3. The van der Waals surface area contributed by atoms with Crippen LogP contribution in [0, 0.1) is 0 Å². The van der Waals surface area contributed by atoms with E-state index in [4.69, 9.17) is 15.0 Å². The molecule has 0 fully saturated rings. The molecule has 0 saturated carbocycles. The van der Waals surface area contributed by atoms with Gasteiger partial charge in [-0.25, -0.2) is 15.0 Å². The molecule has 0 radical (unpaired) electrons. The van der Waals surface area contributed by atoms with E-state index < -0.39 is 0 Å². The lowest BCUT2D eigenvalue weighted by molar-refractivity contribution is 1.36. The molecule has 10 aromatic rings. The fraction of sp³-hybridized carbons (Fsp3) is 0. The van der Waals surface area contributed by atoms with E-state index in [-0.39, 0.29) is 0 Å². The summed E-state index contributed by atoms with van der Waals surface area (Å²) in [5.74, 6) is 0. The third-order valence-corrected chi connectivity index (χ3v) is 10.1. The number of pyridine rings is 3. The van der Waals surface area contributed by atoms with Crippen molar-refractivity contribution in [3.63, 3.8) is 0 Å². The SMILES string of the molecule is c1ccc(-c2ccc(-c3cccc4c(-c5ccccc5)nc5ccc(-c6ccc7ccc8ccc(-c9ccccc9)nc8c7n6)cc5c34)cc2)cc1. The first-order valence-corrected chi connectivity index (χ1v) is 17.6. The molecule has 10 rings (SSSR count). The van der Waals surface area contributed by atoms with Crippen molar-refractivity contribution in [2.75, 3.05) is 0 Å². The van der Waals surface area contributed by atoms with Gasteiger partial charge in [0.15, 0.2) is 0 Å². The lowest BCUT2D eigenvalue weighted by atomic mass is 9.91. The van der Waals surface area contributed by atoms with Crippen LogP contribution in [-0.4, -0.2) is 15.0 Å². The van der Waals surface area contributed by atoms with E-state index >= 15 is 0 Å². The normalized spacial score (nSPS) is 11.5. The molecule has 3 nitrogen and oxygen atoms in total. The highest BCUT2D eigenvalue weighted by Gasteiger charge is 2.16. The molecule has 0 aliphatic carbocycles. The Morgan fingerprint density at radius 3 is 1.48 bits per heavy atom. The van der Waals surface area contributed by atoms with Crippen LogP contribution < -0.4 is 0 Å². The van der Waals surface area contributed by atoms with Gasteiger partial charge in [-0.15, -0.1) is 0 Å². The van der Waals surface area contributed by atoms with Crippen molar-refractivity contribution < 1.29 is 0 Å². The van der Waals surface area contributed by atoms with Gasteiger partial charge in [0.1, 0.15) is 0 Å². The van der Waals surface area contributed by atoms with Gasteiger partial charge in [0.05, 0.1) is 33.6 Å². The van der Waals surface area contributed by atoms with Crippen molar-refractivity contribution in [2.45, 2.75) is 0 Å². The van der Waals surface area contributed by atoms with Crippen LogP contribution in [-0.2, 0) is 0 Å². The zero-order valence-electron chi connectivity index (χ0n) is 28.2. The molecular weight excluding hydrogens is 631 g/mol. The van der Waals surface area contributed by atoms with Gasteiger partial charge >= 0.3 is 0 Å². The van der Waals surface area contributed by atoms with Crippen molar-refractivity contribution in [3.8, 4) is 56.0 Å². The van der Waals surface area contributed by atoms with Crippen LogP contribution >= 0.6 is 0 Å². The van der Waals surface area contributed by atoms with E-state index in [1.807, 2.05) is 18.2 Å². The number of hydrogen-bond donors (Lipinski definition) is 0. The average molecular weight is 662 g/mol. The lowest BCUT2D eigenvalue weighted by Crippen LogP contribution is -1.94. The standard InChI is InChI=1S/C49H31N3/c1-4-11-32(12-5-1)33-19-21-34(22-20-33)40-17-10-18-41-46(40)42-31-39(27-30-45(42)52-47(41)36-15-8-3-9-16-36)44-29-26-38-24-23-37-25-28-43(35-13-6-2-7-14-35)50-48(37)49(38)51-44/h1-31H. The van der Waals surface area contributed by atoms with Crippen LogP contribution in [0.1, 0.15) is 0 Å². The van der Waals surface area contributed by atoms with Crippen LogP contribution in [0.3, 0.4) is 0 Å². The van der Waals surface area contributed by atoms with Crippen molar-refractivity contribution in [3.05, 3.63) is 188 Å². The predicted octanol–water partition coefficient (Wildman–Crippen LogP) is 12.8. The third kappa shape index (κ3) is 5.19. The Bertz CT molecular complexity index is 2920. The first kappa shape index (κ1) is 29.9. The van der Waals surface area contributed by atoms with Crippen LogP contribution in [0.4, 0.5) is 0 Å². The summed E-state index contributed by atoms with van der Waals surface area (Å²) in [4.78, 5) is 15.7. The third-order valence-electron chi connectivity index (χ3n) is 10.1. The maximum absolute atomic E-state index is 5.30. The summed E-state index contributed by atoms with van der Waals surface area (Å²) in [6.07, 6.45) is 0. The summed E-state index contributed by atoms with van der Waals surface area (Å²) < 4.78 is 0. The number of aromatic nitrogens is 3. The molecule has 0 unspecified atom stereocenters. The smallest absolute Gasteiger partial charge is 0.0972 e. The van der Waals surface area contributed by atoms with Crippen LogP contribution in [0.25, 0.3) is 99.5 Å². The number of hydrogen-bond acceptors (Lipinski definition) is 3. The van der Waals surface area contributed by atoms with Gasteiger partial charge in [-0.1, -0.05) is 164 Å². The molecule has 0 bridgehead atoms. The second kappa shape index (κ2) is 12.4. The zero-order chi connectivity index (χ0) is 34.4. The van der Waals surface area contributed by atoms with Crippen LogP contribution in [0.15, 0.2) is 188 Å². The Labute approximate surface area is 301 Å². The van der Waals surface area contributed by atoms with Gasteiger partial charge < -0.3 is 0 Å². The summed E-state index contributed by atoms with van der Waals surface area (Å²) in [5, 5.41) is 5.54. The molecule has 0 spiro atoms. The minimum atomic E-state index is 0.898. The fourth-order valence-corrected chi connectivity index (χ4v) is 7.44. The Balaban J connectivity index is 1.18. The topological polar surface area (TPSA) is 38.7 Å². The number of fused-ring (bicyclic) bond motifs is 6. The van der Waals surface area contributed by atoms with Crippen molar-refractivity contribution in [2.24, 2.45) is 0 Å². The largest absolute Gasteiger partial charge is 0.247 e. The van der Waals surface area contributed by atoms with Crippen molar-refractivity contribution in [1.82, 2.24) is 15.0 Å². The second-order valence-electron chi connectivity index (χ2n) is 13.2. The molecule has 0 amide bonds. The molecule has 3 aromatic heterocycles. The minimum Gasteiger partial charge on any atom is -0.247 e. The number of rotatable bonds is 5. The minimum absolute atomic E-state index is 0.898. The number of nitrogens with zero attached hydrogens (tertiary/aromatic N) is 3. The van der Waals surface area contributed by atoms with Crippen molar-refractivity contribution in [1.29, 1.82) is 0 Å². The van der Waals surface area contributed by atoms with E-state index in [1.165, 1.54) is 22.1 Å². The predicted molar refractivity (Wildman–Crippen MR) is 217 cm³/mol. The van der Waals surface area contributed by atoms with Crippen LogP contribution in [0.2, 0.25) is 0 Å². The lowest BCUT2D eigenvalue weighted by Gasteiger charge is -2.15. The highest BCUT2D eigenvalue weighted by atomic mass is 14.8. The van der Waals surface area contributed by atoms with E-state index in [2.05, 4.69) is 170 Å². The molecule has 52 heavy (non-hydrogen) atoms. The molecule has 0 atom stereocenters. The Hall–Kier alpha value is -6.97. The van der Waals surface area contributed by atoms with E-state index in [1.54, 1.807) is 0 Å². The molecule has 3 heteroatoms. The highest BCUT2D eigenvalue weighted by molar-refractivity contribution is 6.17. The second-order valence-corrected chi connectivity index (χ2v) is 13.2. The van der Waals surface area contributed by atoms with Gasteiger partial charge in [0, 0.05) is 43.6 Å². The fourth-order valence-electron chi connectivity index (χ4n) is 7.44. The van der Waals surface area contributed by atoms with Gasteiger partial charge in [0.25, 0.3) is 0 Å². The molecule has 0 N–H and O–H groups in total. The average Bonchev–Trinajstić information content (AvgIpc) is 3.23.